The minimum Gasteiger partial charge on any atom is -0.395 e. The first-order chi connectivity index (χ1) is 7.13. The van der Waals surface area contributed by atoms with E-state index >= 15 is 0 Å². The molecular weight excluding hydrogens is 305 g/mol. The van der Waals surface area contributed by atoms with Crippen molar-refractivity contribution in [3.8, 4) is 0 Å². The maximum absolute atomic E-state index is 11.6. The third kappa shape index (κ3) is 4.17. The highest BCUT2D eigenvalue weighted by Gasteiger charge is 2.08. The highest BCUT2D eigenvalue weighted by molar-refractivity contribution is 14.1. The normalized spacial score (nSPS) is 10.1. The first kappa shape index (κ1) is 12.4. The van der Waals surface area contributed by atoms with E-state index in [1.807, 2.05) is 24.3 Å². The predicted octanol–water partition coefficient (Wildman–Crippen LogP) is 1.28. The summed E-state index contributed by atoms with van der Waals surface area (Å²) in [5, 5.41) is 8.70. The lowest BCUT2D eigenvalue weighted by Crippen LogP contribution is -2.30. The number of aliphatic hydroxyl groups excluding tert-OH is 1. The number of halogens is 1. The van der Waals surface area contributed by atoms with Gasteiger partial charge in [0.15, 0.2) is 0 Å². The Morgan fingerprint density at radius 2 is 2.27 bits per heavy atom. The molecule has 0 aromatic heterocycles. The monoisotopic (exact) mass is 319 g/mol. The van der Waals surface area contributed by atoms with E-state index < -0.39 is 0 Å². The van der Waals surface area contributed by atoms with Crippen LogP contribution in [-0.4, -0.2) is 36.1 Å². The molecular formula is C11H14INO2. The van der Waals surface area contributed by atoms with Crippen LogP contribution in [0, 0.1) is 3.57 Å². The second-order valence-electron chi connectivity index (χ2n) is 3.35. The highest BCUT2D eigenvalue weighted by atomic mass is 127. The molecule has 0 heterocycles. The summed E-state index contributed by atoms with van der Waals surface area (Å²) in [6, 6.07) is 7.86. The molecule has 15 heavy (non-hydrogen) atoms. The molecule has 0 aliphatic rings. The molecule has 0 saturated carbocycles. The van der Waals surface area contributed by atoms with Gasteiger partial charge in [-0.3, -0.25) is 4.79 Å². The second kappa shape index (κ2) is 6.07. The largest absolute Gasteiger partial charge is 0.395 e. The van der Waals surface area contributed by atoms with Gasteiger partial charge in [0.05, 0.1) is 13.0 Å². The highest BCUT2D eigenvalue weighted by Crippen LogP contribution is 2.09. The van der Waals surface area contributed by atoms with Crippen LogP contribution in [-0.2, 0) is 11.2 Å². The summed E-state index contributed by atoms with van der Waals surface area (Å²) in [5.74, 6) is 0.0334. The number of benzene rings is 1. The van der Waals surface area contributed by atoms with Gasteiger partial charge in [0.2, 0.25) is 5.91 Å². The minimum atomic E-state index is 0.00850. The lowest BCUT2D eigenvalue weighted by molar-refractivity contribution is -0.129. The Morgan fingerprint density at radius 3 is 2.87 bits per heavy atom. The molecule has 0 atom stereocenters. The van der Waals surface area contributed by atoms with Crippen LogP contribution >= 0.6 is 22.6 Å². The Hall–Kier alpha value is -0.620. The van der Waals surface area contributed by atoms with Gasteiger partial charge in [-0.1, -0.05) is 12.1 Å². The van der Waals surface area contributed by atoms with Crippen molar-refractivity contribution in [2.24, 2.45) is 0 Å². The number of carbonyl (C=O) groups is 1. The molecule has 1 aromatic rings. The molecule has 0 unspecified atom stereocenters. The minimum absolute atomic E-state index is 0.00850. The van der Waals surface area contributed by atoms with Gasteiger partial charge in [-0.05, 0) is 40.3 Å². The van der Waals surface area contributed by atoms with E-state index in [0.29, 0.717) is 13.0 Å². The van der Waals surface area contributed by atoms with Crippen LogP contribution in [0.25, 0.3) is 0 Å². The van der Waals surface area contributed by atoms with Crippen molar-refractivity contribution >= 4 is 28.5 Å². The number of hydrogen-bond donors (Lipinski definition) is 1. The zero-order valence-corrected chi connectivity index (χ0v) is 10.8. The van der Waals surface area contributed by atoms with Crippen molar-refractivity contribution in [1.82, 2.24) is 4.90 Å². The van der Waals surface area contributed by atoms with Gasteiger partial charge in [-0.15, -0.1) is 0 Å². The number of aliphatic hydroxyl groups is 1. The molecule has 0 bridgehead atoms. The maximum atomic E-state index is 11.6. The summed E-state index contributed by atoms with van der Waals surface area (Å²) < 4.78 is 1.13. The maximum Gasteiger partial charge on any atom is 0.226 e. The van der Waals surface area contributed by atoms with Crippen molar-refractivity contribution in [2.45, 2.75) is 6.42 Å². The Labute approximate surface area is 103 Å². The van der Waals surface area contributed by atoms with Crippen LogP contribution in [0.3, 0.4) is 0 Å². The molecule has 1 rings (SSSR count). The summed E-state index contributed by atoms with van der Waals surface area (Å²) >= 11 is 2.22. The summed E-state index contributed by atoms with van der Waals surface area (Å²) in [5.41, 5.74) is 1.01. The zero-order chi connectivity index (χ0) is 11.3. The number of carbonyl (C=O) groups excluding carboxylic acids is 1. The Kier molecular flexibility index (Phi) is 5.04. The van der Waals surface area contributed by atoms with Crippen LogP contribution in [0.2, 0.25) is 0 Å². The fraction of sp³-hybridized carbons (Fsp3) is 0.364. The van der Waals surface area contributed by atoms with Crippen LogP contribution in [0.5, 0.6) is 0 Å². The molecule has 82 valence electrons. The first-order valence-electron chi connectivity index (χ1n) is 4.72. The lowest BCUT2D eigenvalue weighted by Gasteiger charge is -2.15. The van der Waals surface area contributed by atoms with Gasteiger partial charge in [0.1, 0.15) is 0 Å². The quantitative estimate of drug-likeness (QED) is 0.850. The number of amides is 1. The molecule has 0 fully saturated rings. The molecule has 0 aliphatic carbocycles. The molecule has 0 spiro atoms. The molecule has 3 nitrogen and oxygen atoms in total. The van der Waals surface area contributed by atoms with E-state index in [1.54, 1.807) is 11.9 Å². The van der Waals surface area contributed by atoms with Crippen LogP contribution in [0.4, 0.5) is 0 Å². The van der Waals surface area contributed by atoms with Crippen molar-refractivity contribution in [3.63, 3.8) is 0 Å². The Morgan fingerprint density at radius 1 is 1.53 bits per heavy atom. The third-order valence-corrected chi connectivity index (χ3v) is 2.78. The third-order valence-electron chi connectivity index (χ3n) is 2.11. The van der Waals surface area contributed by atoms with E-state index in [4.69, 9.17) is 5.11 Å². The van der Waals surface area contributed by atoms with Crippen molar-refractivity contribution in [1.29, 1.82) is 0 Å². The van der Waals surface area contributed by atoms with Gasteiger partial charge in [-0.2, -0.15) is 0 Å². The summed E-state index contributed by atoms with van der Waals surface area (Å²) in [4.78, 5) is 13.2. The molecule has 1 N–H and O–H groups in total. The lowest BCUT2D eigenvalue weighted by atomic mass is 10.1. The average Bonchev–Trinajstić information content (AvgIpc) is 2.18. The summed E-state index contributed by atoms with van der Waals surface area (Å²) in [6.07, 6.45) is 0.396. The molecule has 0 saturated heterocycles. The number of likely N-dealkylation sites (N-methyl/N-ethyl adjacent to an activating group) is 1. The van der Waals surface area contributed by atoms with E-state index in [-0.39, 0.29) is 12.5 Å². The smallest absolute Gasteiger partial charge is 0.226 e. The Bertz CT molecular complexity index is 341. The van der Waals surface area contributed by atoms with Gasteiger partial charge < -0.3 is 10.0 Å². The average molecular weight is 319 g/mol. The predicted molar refractivity (Wildman–Crippen MR) is 67.6 cm³/mol. The standard InChI is InChI=1S/C11H14INO2/c1-13(5-6-14)11(15)8-9-3-2-4-10(12)7-9/h2-4,7,14H,5-6,8H2,1H3. The molecule has 1 amide bonds. The van der Waals surface area contributed by atoms with Gasteiger partial charge in [0, 0.05) is 17.2 Å². The molecule has 1 aromatic carbocycles. The van der Waals surface area contributed by atoms with E-state index in [2.05, 4.69) is 22.6 Å². The summed E-state index contributed by atoms with van der Waals surface area (Å²) in [6.45, 7) is 0.400. The van der Waals surface area contributed by atoms with Crippen molar-refractivity contribution in [2.75, 3.05) is 20.2 Å². The molecule has 0 radical (unpaired) electrons. The number of hydrogen-bond acceptors (Lipinski definition) is 2. The fourth-order valence-corrected chi connectivity index (χ4v) is 1.84. The van der Waals surface area contributed by atoms with Crippen molar-refractivity contribution in [3.05, 3.63) is 33.4 Å². The van der Waals surface area contributed by atoms with Crippen LogP contribution in [0.1, 0.15) is 5.56 Å². The van der Waals surface area contributed by atoms with Gasteiger partial charge in [-0.25, -0.2) is 0 Å². The summed E-state index contributed by atoms with van der Waals surface area (Å²) in [7, 11) is 1.70. The van der Waals surface area contributed by atoms with E-state index in [0.717, 1.165) is 9.13 Å². The number of nitrogens with zero attached hydrogens (tertiary/aromatic N) is 1. The number of rotatable bonds is 4. The topological polar surface area (TPSA) is 40.5 Å². The molecule has 4 heteroatoms. The van der Waals surface area contributed by atoms with Crippen molar-refractivity contribution < 1.29 is 9.90 Å². The van der Waals surface area contributed by atoms with Crippen LogP contribution in [0.15, 0.2) is 24.3 Å². The Balaban J connectivity index is 2.58. The van der Waals surface area contributed by atoms with E-state index in [1.165, 1.54) is 0 Å². The fourth-order valence-electron chi connectivity index (χ4n) is 1.23. The van der Waals surface area contributed by atoms with Gasteiger partial charge >= 0.3 is 0 Å². The second-order valence-corrected chi connectivity index (χ2v) is 4.59. The zero-order valence-electron chi connectivity index (χ0n) is 8.61. The molecule has 0 aliphatic heterocycles. The van der Waals surface area contributed by atoms with Gasteiger partial charge in [0.25, 0.3) is 0 Å². The SMILES string of the molecule is CN(CCO)C(=O)Cc1cccc(I)c1. The van der Waals surface area contributed by atoms with E-state index in [9.17, 15) is 4.79 Å². The van der Waals surface area contributed by atoms with Crippen LogP contribution < -0.4 is 0 Å². The first-order valence-corrected chi connectivity index (χ1v) is 5.80.